The summed E-state index contributed by atoms with van der Waals surface area (Å²) in [5.41, 5.74) is 4.39. The summed E-state index contributed by atoms with van der Waals surface area (Å²) in [6, 6.07) is 5.44. The van der Waals surface area contributed by atoms with Crippen molar-refractivity contribution in [2.75, 3.05) is 0 Å². The van der Waals surface area contributed by atoms with Crippen LogP contribution in [0, 0.1) is 11.6 Å². The number of benzene rings is 1. The molecule has 0 radical (unpaired) electrons. The van der Waals surface area contributed by atoms with Crippen molar-refractivity contribution >= 4 is 11.3 Å². The van der Waals surface area contributed by atoms with Gasteiger partial charge in [0.15, 0.2) is 0 Å². The zero-order chi connectivity index (χ0) is 14.1. The highest BCUT2D eigenvalue weighted by Gasteiger charge is 2.30. The summed E-state index contributed by atoms with van der Waals surface area (Å²) in [5.74, 6) is 4.68. The van der Waals surface area contributed by atoms with Gasteiger partial charge in [0.05, 0.1) is 6.04 Å². The standard InChI is InChI=1S/C15H16F2N2S/c16-9-4-5-12(13(17)8-9)15(19-18)11-2-1-3-14-10(11)6-7-20-14/h4-8,11,15,19H,1-3,18H2. The van der Waals surface area contributed by atoms with Crippen molar-refractivity contribution < 1.29 is 8.78 Å². The molecule has 0 fully saturated rings. The van der Waals surface area contributed by atoms with Gasteiger partial charge in [0, 0.05) is 22.4 Å². The fourth-order valence-corrected chi connectivity index (χ4v) is 4.04. The Labute approximate surface area is 120 Å². The zero-order valence-electron chi connectivity index (χ0n) is 10.9. The normalized spacial score (nSPS) is 19.6. The minimum Gasteiger partial charge on any atom is -0.271 e. The van der Waals surface area contributed by atoms with Gasteiger partial charge in [0.1, 0.15) is 11.6 Å². The molecule has 1 heterocycles. The molecule has 1 aromatic heterocycles. The molecule has 3 rings (SSSR count). The van der Waals surface area contributed by atoms with Crippen molar-refractivity contribution in [3.8, 4) is 0 Å². The van der Waals surface area contributed by atoms with Crippen LogP contribution in [-0.4, -0.2) is 0 Å². The molecule has 1 aliphatic rings. The lowest BCUT2D eigenvalue weighted by Crippen LogP contribution is -2.34. The first-order valence-corrected chi connectivity index (χ1v) is 7.56. The molecule has 1 aliphatic carbocycles. The Balaban J connectivity index is 1.99. The van der Waals surface area contributed by atoms with Crippen LogP contribution in [0.25, 0.3) is 0 Å². The molecule has 0 bridgehead atoms. The van der Waals surface area contributed by atoms with Crippen LogP contribution in [0.4, 0.5) is 8.78 Å². The van der Waals surface area contributed by atoms with Gasteiger partial charge in [-0.3, -0.25) is 11.3 Å². The number of nitrogens with one attached hydrogen (secondary N) is 1. The molecule has 2 atom stereocenters. The van der Waals surface area contributed by atoms with E-state index in [-0.39, 0.29) is 12.0 Å². The Kier molecular flexibility index (Phi) is 3.83. The topological polar surface area (TPSA) is 38.0 Å². The fraction of sp³-hybridized carbons (Fsp3) is 0.333. The summed E-state index contributed by atoms with van der Waals surface area (Å²) in [6.07, 6.45) is 3.10. The fourth-order valence-electron chi connectivity index (χ4n) is 3.04. The highest BCUT2D eigenvalue weighted by Crippen LogP contribution is 2.42. The second-order valence-corrected chi connectivity index (χ2v) is 6.11. The molecule has 0 aliphatic heterocycles. The maximum absolute atomic E-state index is 14.0. The molecule has 0 spiro atoms. The predicted octanol–water partition coefficient (Wildman–Crippen LogP) is 3.65. The van der Waals surface area contributed by atoms with Crippen LogP contribution in [0.2, 0.25) is 0 Å². The third kappa shape index (κ3) is 2.37. The molecule has 0 saturated carbocycles. The lowest BCUT2D eigenvalue weighted by molar-refractivity contribution is 0.396. The summed E-state index contributed by atoms with van der Waals surface area (Å²) in [6.45, 7) is 0. The first kappa shape index (κ1) is 13.7. The summed E-state index contributed by atoms with van der Waals surface area (Å²) < 4.78 is 27.1. The minimum absolute atomic E-state index is 0.134. The van der Waals surface area contributed by atoms with E-state index in [9.17, 15) is 8.78 Å². The molecule has 3 N–H and O–H groups in total. The van der Waals surface area contributed by atoms with Crippen LogP contribution in [0.1, 0.15) is 40.8 Å². The van der Waals surface area contributed by atoms with Gasteiger partial charge in [-0.1, -0.05) is 6.07 Å². The summed E-state index contributed by atoms with van der Waals surface area (Å²) in [4.78, 5) is 1.35. The van der Waals surface area contributed by atoms with E-state index in [0.29, 0.717) is 5.56 Å². The van der Waals surface area contributed by atoms with Gasteiger partial charge in [-0.15, -0.1) is 11.3 Å². The average molecular weight is 294 g/mol. The number of hydrogen-bond donors (Lipinski definition) is 2. The summed E-state index contributed by atoms with van der Waals surface area (Å²) >= 11 is 1.74. The first-order chi connectivity index (χ1) is 9.70. The molecule has 0 amide bonds. The first-order valence-electron chi connectivity index (χ1n) is 6.68. The highest BCUT2D eigenvalue weighted by atomic mass is 32.1. The monoisotopic (exact) mass is 294 g/mol. The zero-order valence-corrected chi connectivity index (χ0v) is 11.7. The Bertz CT molecular complexity index is 612. The van der Waals surface area contributed by atoms with Crippen LogP contribution in [0.3, 0.4) is 0 Å². The van der Waals surface area contributed by atoms with Crippen LogP contribution in [-0.2, 0) is 6.42 Å². The Morgan fingerprint density at radius 3 is 2.90 bits per heavy atom. The number of aryl methyl sites for hydroxylation is 1. The van der Waals surface area contributed by atoms with Crippen molar-refractivity contribution in [2.24, 2.45) is 5.84 Å². The molecular weight excluding hydrogens is 278 g/mol. The number of thiophene rings is 1. The SMILES string of the molecule is NNC(c1ccc(F)cc1F)C1CCCc2sccc21. The van der Waals surface area contributed by atoms with E-state index in [1.165, 1.54) is 22.6 Å². The average Bonchev–Trinajstić information content (AvgIpc) is 2.91. The van der Waals surface area contributed by atoms with E-state index in [1.54, 1.807) is 11.3 Å². The van der Waals surface area contributed by atoms with Gasteiger partial charge in [-0.25, -0.2) is 8.78 Å². The number of halogens is 2. The predicted molar refractivity (Wildman–Crippen MR) is 76.4 cm³/mol. The quantitative estimate of drug-likeness (QED) is 0.670. The van der Waals surface area contributed by atoms with Crippen LogP contribution >= 0.6 is 11.3 Å². The van der Waals surface area contributed by atoms with Crippen molar-refractivity contribution in [3.05, 3.63) is 57.3 Å². The summed E-state index contributed by atoms with van der Waals surface area (Å²) in [7, 11) is 0. The minimum atomic E-state index is -0.568. The van der Waals surface area contributed by atoms with Crippen molar-refractivity contribution in [3.63, 3.8) is 0 Å². The Morgan fingerprint density at radius 1 is 1.30 bits per heavy atom. The molecule has 2 aromatic rings. The Morgan fingerprint density at radius 2 is 2.15 bits per heavy atom. The number of nitrogens with two attached hydrogens (primary N) is 1. The molecule has 106 valence electrons. The summed E-state index contributed by atoms with van der Waals surface area (Å²) in [5, 5.41) is 2.07. The number of hydrazine groups is 1. The Hall–Kier alpha value is -1.30. The van der Waals surface area contributed by atoms with Gasteiger partial charge in [0.25, 0.3) is 0 Å². The van der Waals surface area contributed by atoms with E-state index in [0.717, 1.165) is 25.3 Å². The van der Waals surface area contributed by atoms with Crippen LogP contribution in [0.5, 0.6) is 0 Å². The maximum Gasteiger partial charge on any atom is 0.130 e. The van der Waals surface area contributed by atoms with E-state index >= 15 is 0 Å². The maximum atomic E-state index is 14.0. The molecule has 1 aromatic carbocycles. The van der Waals surface area contributed by atoms with Crippen LogP contribution < -0.4 is 11.3 Å². The molecule has 5 heteroatoms. The van der Waals surface area contributed by atoms with Gasteiger partial charge in [-0.2, -0.15) is 0 Å². The van der Waals surface area contributed by atoms with E-state index in [2.05, 4.69) is 16.9 Å². The van der Waals surface area contributed by atoms with E-state index < -0.39 is 11.6 Å². The molecular formula is C15H16F2N2S. The van der Waals surface area contributed by atoms with Crippen molar-refractivity contribution in [1.29, 1.82) is 0 Å². The molecule has 2 nitrogen and oxygen atoms in total. The second kappa shape index (κ2) is 5.60. The smallest absolute Gasteiger partial charge is 0.130 e. The second-order valence-electron chi connectivity index (χ2n) is 5.11. The highest BCUT2D eigenvalue weighted by molar-refractivity contribution is 7.10. The van der Waals surface area contributed by atoms with Gasteiger partial charge in [-0.05, 0) is 42.3 Å². The lowest BCUT2D eigenvalue weighted by Gasteiger charge is -2.30. The van der Waals surface area contributed by atoms with Crippen molar-refractivity contribution in [2.45, 2.75) is 31.2 Å². The van der Waals surface area contributed by atoms with Crippen LogP contribution in [0.15, 0.2) is 29.6 Å². The van der Waals surface area contributed by atoms with E-state index in [1.807, 2.05) is 0 Å². The number of fused-ring (bicyclic) bond motifs is 1. The third-order valence-electron chi connectivity index (χ3n) is 3.98. The molecule has 20 heavy (non-hydrogen) atoms. The van der Waals surface area contributed by atoms with Gasteiger partial charge in [0.2, 0.25) is 0 Å². The number of rotatable bonds is 3. The van der Waals surface area contributed by atoms with Gasteiger partial charge < -0.3 is 0 Å². The number of hydrogen-bond acceptors (Lipinski definition) is 3. The lowest BCUT2D eigenvalue weighted by atomic mass is 9.80. The molecule has 2 unspecified atom stereocenters. The van der Waals surface area contributed by atoms with Gasteiger partial charge >= 0.3 is 0 Å². The largest absolute Gasteiger partial charge is 0.271 e. The van der Waals surface area contributed by atoms with E-state index in [4.69, 9.17) is 5.84 Å². The third-order valence-corrected chi connectivity index (χ3v) is 4.97. The molecule has 0 saturated heterocycles. The van der Waals surface area contributed by atoms with Crippen molar-refractivity contribution in [1.82, 2.24) is 5.43 Å².